The summed E-state index contributed by atoms with van der Waals surface area (Å²) in [5, 5.41) is 12.6. The molecular formula is C18H22N4OS. The second kappa shape index (κ2) is 7.71. The first kappa shape index (κ1) is 16.8. The molecule has 6 heteroatoms. The van der Waals surface area contributed by atoms with Crippen molar-refractivity contribution in [3.05, 3.63) is 24.3 Å². The number of nitrogens with one attached hydrogen (secondary N) is 1. The van der Waals surface area contributed by atoms with E-state index < -0.39 is 0 Å². The second-order valence-electron chi connectivity index (χ2n) is 6.19. The van der Waals surface area contributed by atoms with E-state index >= 15 is 0 Å². The highest BCUT2D eigenvalue weighted by atomic mass is 32.2. The number of carbonyl (C=O) groups is 1. The maximum atomic E-state index is 12.4. The fraction of sp³-hybridized carbons (Fsp3) is 0.500. The van der Waals surface area contributed by atoms with Gasteiger partial charge in [0.25, 0.3) is 0 Å². The van der Waals surface area contributed by atoms with E-state index in [0.29, 0.717) is 19.0 Å². The summed E-state index contributed by atoms with van der Waals surface area (Å²) < 4.78 is 2.04. The standard InChI is InChI=1S/C18H22N4OS/c1-13(17(23)20-14-7-2-3-8-14)24-18-21-15-9-4-5-10-16(15)22(18)12-6-11-19/h4-5,9-10,13-14H,2-3,6-8,12H2,1H3,(H,20,23)/t13-/m0/s1. The third-order valence-electron chi connectivity index (χ3n) is 4.42. The summed E-state index contributed by atoms with van der Waals surface area (Å²) in [6.45, 7) is 2.51. The molecule has 1 aromatic carbocycles. The third kappa shape index (κ3) is 3.73. The van der Waals surface area contributed by atoms with E-state index in [0.717, 1.165) is 29.0 Å². The normalized spacial score (nSPS) is 16.2. The molecule has 24 heavy (non-hydrogen) atoms. The van der Waals surface area contributed by atoms with Crippen LogP contribution in [-0.2, 0) is 11.3 Å². The van der Waals surface area contributed by atoms with Crippen LogP contribution in [0.4, 0.5) is 0 Å². The van der Waals surface area contributed by atoms with Gasteiger partial charge in [-0.3, -0.25) is 4.79 Å². The minimum absolute atomic E-state index is 0.0748. The van der Waals surface area contributed by atoms with Crippen molar-refractivity contribution in [1.29, 1.82) is 5.26 Å². The summed E-state index contributed by atoms with van der Waals surface area (Å²) in [7, 11) is 0. The number of rotatable bonds is 6. The first-order valence-electron chi connectivity index (χ1n) is 8.48. The highest BCUT2D eigenvalue weighted by molar-refractivity contribution is 8.00. The van der Waals surface area contributed by atoms with E-state index in [2.05, 4.69) is 16.4 Å². The summed E-state index contributed by atoms with van der Waals surface area (Å²) in [6, 6.07) is 10.4. The molecule has 1 N–H and O–H groups in total. The molecule has 5 nitrogen and oxygen atoms in total. The Morgan fingerprint density at radius 2 is 2.21 bits per heavy atom. The van der Waals surface area contributed by atoms with Crippen LogP contribution < -0.4 is 5.32 Å². The molecule has 1 aliphatic carbocycles. The Morgan fingerprint density at radius 1 is 1.46 bits per heavy atom. The highest BCUT2D eigenvalue weighted by Gasteiger charge is 2.23. The average Bonchev–Trinajstić information content (AvgIpc) is 3.20. The van der Waals surface area contributed by atoms with Gasteiger partial charge in [0, 0.05) is 12.6 Å². The zero-order chi connectivity index (χ0) is 16.9. The maximum absolute atomic E-state index is 12.4. The number of hydrogen-bond donors (Lipinski definition) is 1. The number of hydrogen-bond acceptors (Lipinski definition) is 4. The maximum Gasteiger partial charge on any atom is 0.233 e. The number of para-hydroxylation sites is 2. The topological polar surface area (TPSA) is 70.7 Å². The summed E-state index contributed by atoms with van der Waals surface area (Å²) in [5.74, 6) is 0.0748. The highest BCUT2D eigenvalue weighted by Crippen LogP contribution is 2.28. The van der Waals surface area contributed by atoms with Crippen LogP contribution in [0.5, 0.6) is 0 Å². The number of aryl methyl sites for hydroxylation is 1. The Bertz CT molecular complexity index is 758. The molecule has 2 aromatic rings. The van der Waals surface area contributed by atoms with E-state index in [4.69, 9.17) is 5.26 Å². The summed E-state index contributed by atoms with van der Waals surface area (Å²) in [5.41, 5.74) is 1.92. The number of aromatic nitrogens is 2. The SMILES string of the molecule is C[C@H](Sc1nc2ccccc2n1CCC#N)C(=O)NC1CCCC1. The average molecular weight is 342 g/mol. The number of benzene rings is 1. The van der Waals surface area contributed by atoms with Gasteiger partial charge < -0.3 is 9.88 Å². The van der Waals surface area contributed by atoms with E-state index in [-0.39, 0.29) is 11.2 Å². The fourth-order valence-corrected chi connectivity index (χ4v) is 4.08. The molecule has 3 rings (SSSR count). The van der Waals surface area contributed by atoms with Crippen LogP contribution in [0.3, 0.4) is 0 Å². The van der Waals surface area contributed by atoms with E-state index in [1.54, 1.807) is 0 Å². The molecule has 1 heterocycles. The van der Waals surface area contributed by atoms with E-state index in [1.807, 2.05) is 35.8 Å². The second-order valence-corrected chi connectivity index (χ2v) is 7.50. The van der Waals surface area contributed by atoms with Gasteiger partial charge in [0.05, 0.1) is 28.8 Å². The van der Waals surface area contributed by atoms with Crippen LogP contribution in [0.25, 0.3) is 11.0 Å². The monoisotopic (exact) mass is 342 g/mol. The lowest BCUT2D eigenvalue weighted by atomic mass is 10.2. The molecule has 0 bridgehead atoms. The van der Waals surface area contributed by atoms with Crippen LogP contribution in [0.2, 0.25) is 0 Å². The molecule has 0 spiro atoms. The number of nitriles is 1. The third-order valence-corrected chi connectivity index (χ3v) is 5.51. The quantitative estimate of drug-likeness (QED) is 0.816. The smallest absolute Gasteiger partial charge is 0.233 e. The molecule has 1 atom stereocenters. The van der Waals surface area contributed by atoms with Gasteiger partial charge in [-0.25, -0.2) is 4.98 Å². The van der Waals surface area contributed by atoms with Gasteiger partial charge in [0.1, 0.15) is 0 Å². The summed E-state index contributed by atoms with van der Waals surface area (Å²) >= 11 is 1.47. The van der Waals surface area contributed by atoms with Gasteiger partial charge in [0.2, 0.25) is 5.91 Å². The Balaban J connectivity index is 1.75. The van der Waals surface area contributed by atoms with Gasteiger partial charge in [-0.05, 0) is 31.9 Å². The largest absolute Gasteiger partial charge is 0.352 e. The zero-order valence-electron chi connectivity index (χ0n) is 13.9. The number of fused-ring (bicyclic) bond motifs is 1. The Hall–Kier alpha value is -2.00. The van der Waals surface area contributed by atoms with Crippen molar-refractivity contribution >= 4 is 28.7 Å². The van der Waals surface area contributed by atoms with Crippen molar-refractivity contribution < 1.29 is 4.79 Å². The minimum Gasteiger partial charge on any atom is -0.352 e. The van der Waals surface area contributed by atoms with Crippen LogP contribution in [0.1, 0.15) is 39.0 Å². The van der Waals surface area contributed by atoms with Gasteiger partial charge >= 0.3 is 0 Å². The molecule has 0 radical (unpaired) electrons. The lowest BCUT2D eigenvalue weighted by Crippen LogP contribution is -2.37. The van der Waals surface area contributed by atoms with Gasteiger partial charge in [0.15, 0.2) is 5.16 Å². The molecule has 1 fully saturated rings. The fourth-order valence-electron chi connectivity index (χ4n) is 3.12. The summed E-state index contributed by atoms with van der Waals surface area (Å²) in [6.07, 6.45) is 5.01. The molecule has 1 saturated carbocycles. The predicted molar refractivity (Wildman–Crippen MR) is 95.7 cm³/mol. The van der Waals surface area contributed by atoms with E-state index in [9.17, 15) is 4.79 Å². The number of nitrogens with zero attached hydrogens (tertiary/aromatic N) is 3. The number of amides is 1. The van der Waals surface area contributed by atoms with Crippen molar-refractivity contribution in [2.24, 2.45) is 0 Å². The molecule has 1 amide bonds. The van der Waals surface area contributed by atoms with Gasteiger partial charge in [-0.15, -0.1) is 0 Å². The predicted octanol–water partition coefficient (Wildman–Crippen LogP) is 3.49. The molecule has 126 valence electrons. The first-order chi connectivity index (χ1) is 11.7. The van der Waals surface area contributed by atoms with Gasteiger partial charge in [-0.2, -0.15) is 5.26 Å². The van der Waals surface area contributed by atoms with Crippen LogP contribution in [-0.4, -0.2) is 26.8 Å². The lowest BCUT2D eigenvalue weighted by Gasteiger charge is -2.16. The number of imidazole rings is 1. The molecule has 1 aliphatic rings. The van der Waals surface area contributed by atoms with Crippen molar-refractivity contribution in [1.82, 2.24) is 14.9 Å². The van der Waals surface area contributed by atoms with E-state index in [1.165, 1.54) is 24.6 Å². The van der Waals surface area contributed by atoms with Crippen molar-refractivity contribution in [3.8, 4) is 6.07 Å². The zero-order valence-corrected chi connectivity index (χ0v) is 14.7. The first-order valence-corrected chi connectivity index (χ1v) is 9.36. The molecule has 0 unspecified atom stereocenters. The molecular weight excluding hydrogens is 320 g/mol. The molecule has 1 aromatic heterocycles. The lowest BCUT2D eigenvalue weighted by molar-refractivity contribution is -0.120. The van der Waals surface area contributed by atoms with Crippen molar-refractivity contribution in [2.45, 2.75) is 62.0 Å². The number of thioether (sulfide) groups is 1. The Morgan fingerprint density at radius 3 is 2.96 bits per heavy atom. The molecule has 0 saturated heterocycles. The van der Waals surface area contributed by atoms with Crippen molar-refractivity contribution in [3.63, 3.8) is 0 Å². The van der Waals surface area contributed by atoms with Gasteiger partial charge in [-0.1, -0.05) is 36.7 Å². The Kier molecular flexibility index (Phi) is 5.41. The summed E-state index contributed by atoms with van der Waals surface area (Å²) in [4.78, 5) is 17.1. The minimum atomic E-state index is -0.205. The van der Waals surface area contributed by atoms with Crippen LogP contribution >= 0.6 is 11.8 Å². The van der Waals surface area contributed by atoms with Crippen LogP contribution in [0, 0.1) is 11.3 Å². The Labute approximate surface area is 146 Å². The number of carbonyl (C=O) groups excluding carboxylic acids is 1. The van der Waals surface area contributed by atoms with Crippen LogP contribution in [0.15, 0.2) is 29.4 Å². The molecule has 0 aliphatic heterocycles. The van der Waals surface area contributed by atoms with Crippen molar-refractivity contribution in [2.75, 3.05) is 0 Å².